The van der Waals surface area contributed by atoms with E-state index in [9.17, 15) is 13.2 Å². The minimum absolute atomic E-state index is 0.304. The molecule has 0 saturated heterocycles. The second kappa shape index (κ2) is 9.03. The molecule has 0 aliphatic heterocycles. The molecule has 5 nitrogen and oxygen atoms in total. The summed E-state index contributed by atoms with van der Waals surface area (Å²) in [5.41, 5.74) is 8.27. The van der Waals surface area contributed by atoms with Crippen molar-refractivity contribution in [1.29, 1.82) is 5.41 Å². The van der Waals surface area contributed by atoms with Crippen molar-refractivity contribution in [2.75, 3.05) is 0 Å². The molecular formula is C10H13ClF3N3O2. The number of benzene rings is 1. The first-order valence-electron chi connectivity index (χ1n) is 4.58. The lowest BCUT2D eigenvalue weighted by atomic mass is 10.2. The number of alkyl halides is 3. The number of nitrogens with two attached hydrogens (primary N) is 2. The van der Waals surface area contributed by atoms with Crippen molar-refractivity contribution in [2.45, 2.75) is 13.1 Å². The van der Waals surface area contributed by atoms with Gasteiger partial charge in [-0.05, 0) is 24.3 Å². The zero-order valence-corrected chi connectivity index (χ0v) is 10.6. The minimum Gasteiger partial charge on any atom is -0.481 e. The van der Waals surface area contributed by atoms with E-state index in [0.29, 0.717) is 5.02 Å². The third-order valence-corrected chi connectivity index (χ3v) is 1.42. The van der Waals surface area contributed by atoms with Gasteiger partial charge >= 0.3 is 6.18 Å². The van der Waals surface area contributed by atoms with Crippen LogP contribution in [-0.2, 0) is 11.0 Å². The topological polar surface area (TPSA) is 113 Å². The normalized spacial score (nSPS) is 9.32. The monoisotopic (exact) mass is 299 g/mol. The van der Waals surface area contributed by atoms with Crippen molar-refractivity contribution in [2.24, 2.45) is 11.5 Å². The molecule has 0 atom stereocenters. The van der Waals surface area contributed by atoms with Crippen molar-refractivity contribution in [1.82, 2.24) is 0 Å². The molecule has 6 N–H and O–H groups in total. The van der Waals surface area contributed by atoms with Gasteiger partial charge in [0.25, 0.3) is 5.97 Å². The predicted molar refractivity (Wildman–Crippen MR) is 65.9 cm³/mol. The third kappa shape index (κ3) is 16.0. The highest BCUT2D eigenvalue weighted by Gasteiger charge is 2.29. The number of hydrogen-bond acceptors (Lipinski definition) is 2. The van der Waals surface area contributed by atoms with E-state index in [1.807, 2.05) is 0 Å². The molecule has 0 saturated carbocycles. The number of nitrogens with one attached hydrogen (secondary N) is 1. The van der Waals surface area contributed by atoms with Gasteiger partial charge in [0.1, 0.15) is 0 Å². The average Bonchev–Trinajstić information content (AvgIpc) is 2.14. The zero-order valence-electron chi connectivity index (χ0n) is 9.83. The Bertz CT molecular complexity index is 387. The first-order valence-corrected chi connectivity index (χ1v) is 4.96. The summed E-state index contributed by atoms with van der Waals surface area (Å²) in [4.78, 5) is 9.00. The quantitative estimate of drug-likeness (QED) is 0.435. The lowest BCUT2D eigenvalue weighted by molar-refractivity contribution is -0.137. The first-order chi connectivity index (χ1) is 8.46. The van der Waals surface area contributed by atoms with Crippen LogP contribution in [-0.4, -0.2) is 17.0 Å². The molecule has 19 heavy (non-hydrogen) atoms. The molecule has 0 aliphatic rings. The van der Waals surface area contributed by atoms with Crippen LogP contribution < -0.4 is 11.5 Å². The minimum atomic E-state index is -4.27. The molecule has 0 aliphatic carbocycles. The van der Waals surface area contributed by atoms with Gasteiger partial charge in [0.15, 0.2) is 5.96 Å². The summed E-state index contributed by atoms with van der Waals surface area (Å²) in [6.45, 7) is 1.08. The van der Waals surface area contributed by atoms with E-state index in [1.165, 1.54) is 12.1 Å². The van der Waals surface area contributed by atoms with E-state index >= 15 is 0 Å². The highest BCUT2D eigenvalue weighted by molar-refractivity contribution is 6.30. The maximum Gasteiger partial charge on any atom is 0.416 e. The molecule has 108 valence electrons. The van der Waals surface area contributed by atoms with Crippen molar-refractivity contribution in [3.8, 4) is 0 Å². The molecule has 0 fully saturated rings. The summed E-state index contributed by atoms with van der Waals surface area (Å²) in [6.07, 6.45) is -4.27. The van der Waals surface area contributed by atoms with E-state index in [2.05, 4.69) is 11.5 Å². The second-order valence-corrected chi connectivity index (χ2v) is 3.42. The third-order valence-electron chi connectivity index (χ3n) is 1.17. The SMILES string of the molecule is CC(=O)O.FC(F)(F)c1ccc(Cl)cc1.N=C(N)N. The maximum absolute atomic E-state index is 11.9. The molecule has 0 radical (unpaired) electrons. The number of carbonyl (C=O) groups is 1. The molecule has 0 aromatic heterocycles. The lowest BCUT2D eigenvalue weighted by Gasteiger charge is -2.04. The molecule has 0 bridgehead atoms. The number of guanidine groups is 1. The first kappa shape index (κ1) is 19.4. The Labute approximate surface area is 112 Å². The highest BCUT2D eigenvalue weighted by Crippen LogP contribution is 2.29. The van der Waals surface area contributed by atoms with Crippen LogP contribution in [0, 0.1) is 5.41 Å². The Hall–Kier alpha value is -1.96. The number of rotatable bonds is 0. The Morgan fingerprint density at radius 2 is 1.53 bits per heavy atom. The summed E-state index contributed by atoms with van der Waals surface area (Å²) in [5, 5.41) is 13.8. The van der Waals surface area contributed by atoms with Crippen LogP contribution in [0.15, 0.2) is 24.3 Å². The van der Waals surface area contributed by atoms with Gasteiger partial charge in [-0.3, -0.25) is 10.2 Å². The molecule has 1 aromatic carbocycles. The van der Waals surface area contributed by atoms with E-state index < -0.39 is 17.7 Å². The summed E-state index contributed by atoms with van der Waals surface area (Å²) in [6, 6.07) is 4.32. The van der Waals surface area contributed by atoms with E-state index in [4.69, 9.17) is 26.9 Å². The Morgan fingerprint density at radius 1 is 1.26 bits per heavy atom. The predicted octanol–water partition coefficient (Wildman–Crippen LogP) is 2.29. The fraction of sp³-hybridized carbons (Fsp3) is 0.200. The van der Waals surface area contributed by atoms with Crippen LogP contribution in [0.2, 0.25) is 5.02 Å². The molecule has 9 heteroatoms. The van der Waals surface area contributed by atoms with Crippen LogP contribution >= 0.6 is 11.6 Å². The van der Waals surface area contributed by atoms with Crippen molar-refractivity contribution >= 4 is 23.5 Å². The standard InChI is InChI=1S/C7H4ClF3.C2H4O2.CH5N3/c8-6-3-1-5(2-4-6)7(9,10)11;1-2(3)4;2-1(3)4/h1-4H;1H3,(H,3,4);(H5,2,3,4). The Balaban J connectivity index is 0. The molecule has 0 heterocycles. The molecule has 0 unspecified atom stereocenters. The van der Waals surface area contributed by atoms with Crippen LogP contribution in [0.4, 0.5) is 13.2 Å². The van der Waals surface area contributed by atoms with E-state index in [1.54, 1.807) is 0 Å². The molecule has 1 aromatic rings. The van der Waals surface area contributed by atoms with Crippen molar-refractivity contribution < 1.29 is 23.1 Å². The highest BCUT2D eigenvalue weighted by atomic mass is 35.5. The zero-order chi connectivity index (χ0) is 15.6. The maximum atomic E-state index is 11.9. The van der Waals surface area contributed by atoms with Crippen LogP contribution in [0.25, 0.3) is 0 Å². The average molecular weight is 300 g/mol. The van der Waals surface area contributed by atoms with Gasteiger partial charge in [0, 0.05) is 11.9 Å². The molecular weight excluding hydrogens is 287 g/mol. The molecule has 0 amide bonds. The fourth-order valence-electron chi connectivity index (χ4n) is 0.639. The number of halogens is 4. The smallest absolute Gasteiger partial charge is 0.416 e. The molecule has 1 rings (SSSR count). The number of aliphatic carboxylic acids is 1. The number of carboxylic acids is 1. The van der Waals surface area contributed by atoms with E-state index in [-0.39, 0.29) is 5.96 Å². The van der Waals surface area contributed by atoms with Gasteiger partial charge in [-0.2, -0.15) is 13.2 Å². The Morgan fingerprint density at radius 3 is 1.74 bits per heavy atom. The van der Waals surface area contributed by atoms with Gasteiger partial charge in [0.2, 0.25) is 0 Å². The van der Waals surface area contributed by atoms with Crippen LogP contribution in [0.5, 0.6) is 0 Å². The van der Waals surface area contributed by atoms with Gasteiger partial charge in [-0.1, -0.05) is 11.6 Å². The fourth-order valence-corrected chi connectivity index (χ4v) is 0.765. The summed E-state index contributed by atoms with van der Waals surface area (Å²) < 4.78 is 35.6. The summed E-state index contributed by atoms with van der Waals surface area (Å²) >= 11 is 5.39. The molecule has 0 spiro atoms. The summed E-state index contributed by atoms with van der Waals surface area (Å²) in [7, 11) is 0. The van der Waals surface area contributed by atoms with Crippen LogP contribution in [0.3, 0.4) is 0 Å². The second-order valence-electron chi connectivity index (χ2n) is 2.98. The van der Waals surface area contributed by atoms with Crippen LogP contribution in [0.1, 0.15) is 12.5 Å². The number of carboxylic acid groups (broad SMARTS) is 1. The summed E-state index contributed by atoms with van der Waals surface area (Å²) in [5.74, 6) is -1.17. The van der Waals surface area contributed by atoms with Gasteiger partial charge < -0.3 is 16.6 Å². The Kier molecular flexibility index (Phi) is 9.22. The lowest BCUT2D eigenvalue weighted by Crippen LogP contribution is -2.20. The van der Waals surface area contributed by atoms with Gasteiger partial charge in [-0.25, -0.2) is 0 Å². The van der Waals surface area contributed by atoms with Crippen molar-refractivity contribution in [3.05, 3.63) is 34.9 Å². The van der Waals surface area contributed by atoms with Gasteiger partial charge in [-0.15, -0.1) is 0 Å². The van der Waals surface area contributed by atoms with Crippen molar-refractivity contribution in [3.63, 3.8) is 0 Å². The number of hydrogen-bond donors (Lipinski definition) is 4. The van der Waals surface area contributed by atoms with E-state index in [0.717, 1.165) is 19.1 Å². The largest absolute Gasteiger partial charge is 0.481 e. The van der Waals surface area contributed by atoms with Gasteiger partial charge in [0.05, 0.1) is 5.56 Å².